The van der Waals surface area contributed by atoms with Crippen LogP contribution in [-0.4, -0.2) is 19.0 Å². The zero-order valence-electron chi connectivity index (χ0n) is 9.25. The molecule has 86 valence electrons. The van der Waals surface area contributed by atoms with E-state index in [0.717, 1.165) is 0 Å². The average molecular weight is 237 g/mol. The molecule has 0 aliphatic heterocycles. The van der Waals surface area contributed by atoms with Crippen molar-refractivity contribution in [2.45, 2.75) is 19.9 Å². The molecular formula is C11H15N3OS. The number of hydrogen-bond donors (Lipinski definition) is 2. The second kappa shape index (κ2) is 6.99. The van der Waals surface area contributed by atoms with Gasteiger partial charge in [-0.15, -0.1) is 11.3 Å². The van der Waals surface area contributed by atoms with E-state index in [1.807, 2.05) is 6.07 Å². The van der Waals surface area contributed by atoms with Crippen molar-refractivity contribution in [3.8, 4) is 6.07 Å². The second-order valence-electron chi connectivity index (χ2n) is 3.37. The molecule has 0 spiro atoms. The van der Waals surface area contributed by atoms with Crippen LogP contribution >= 0.6 is 11.3 Å². The number of nitrogens with zero attached hydrogens (tertiary/aromatic N) is 1. The van der Waals surface area contributed by atoms with Crippen LogP contribution in [0.2, 0.25) is 0 Å². The molecule has 1 heterocycles. The third kappa shape index (κ3) is 4.91. The van der Waals surface area contributed by atoms with Gasteiger partial charge in [0.05, 0.1) is 19.0 Å². The second-order valence-corrected chi connectivity index (χ2v) is 4.75. The lowest BCUT2D eigenvalue weighted by Crippen LogP contribution is -2.33. The molecule has 16 heavy (non-hydrogen) atoms. The van der Waals surface area contributed by atoms with Crippen molar-refractivity contribution in [2.24, 2.45) is 0 Å². The van der Waals surface area contributed by atoms with Gasteiger partial charge in [-0.2, -0.15) is 5.26 Å². The molecule has 1 rings (SSSR count). The van der Waals surface area contributed by atoms with Crippen LogP contribution in [0, 0.1) is 18.3 Å². The van der Waals surface area contributed by atoms with Gasteiger partial charge in [0.25, 0.3) is 0 Å². The van der Waals surface area contributed by atoms with Crippen LogP contribution in [-0.2, 0) is 11.3 Å². The molecule has 0 saturated carbocycles. The van der Waals surface area contributed by atoms with Crippen molar-refractivity contribution in [1.82, 2.24) is 10.6 Å². The van der Waals surface area contributed by atoms with Crippen LogP contribution in [0.3, 0.4) is 0 Å². The van der Waals surface area contributed by atoms with Crippen LogP contribution in [0.5, 0.6) is 0 Å². The Morgan fingerprint density at radius 3 is 3.00 bits per heavy atom. The summed E-state index contributed by atoms with van der Waals surface area (Å²) in [6, 6.07) is 6.09. The maximum absolute atomic E-state index is 11.2. The highest BCUT2D eigenvalue weighted by Crippen LogP contribution is 2.14. The molecule has 0 aliphatic carbocycles. The summed E-state index contributed by atoms with van der Waals surface area (Å²) in [5, 5.41) is 14.0. The van der Waals surface area contributed by atoms with Crippen molar-refractivity contribution >= 4 is 17.2 Å². The van der Waals surface area contributed by atoms with E-state index in [4.69, 9.17) is 5.26 Å². The first-order valence-corrected chi connectivity index (χ1v) is 5.93. The third-order valence-electron chi connectivity index (χ3n) is 1.94. The standard InChI is InChI=1S/C11H15N3OS/c1-9-3-4-10(16-9)7-13-8-11(15)14-6-2-5-12/h3-4,13H,2,6-8H2,1H3,(H,14,15). The predicted octanol–water partition coefficient (Wildman–Crippen LogP) is 1.18. The van der Waals surface area contributed by atoms with Crippen molar-refractivity contribution in [2.75, 3.05) is 13.1 Å². The number of thiophene rings is 1. The summed E-state index contributed by atoms with van der Waals surface area (Å²) in [5.74, 6) is -0.0662. The third-order valence-corrected chi connectivity index (χ3v) is 2.94. The highest BCUT2D eigenvalue weighted by molar-refractivity contribution is 7.11. The average Bonchev–Trinajstić information content (AvgIpc) is 2.65. The van der Waals surface area contributed by atoms with Gasteiger partial charge in [-0.3, -0.25) is 4.79 Å². The SMILES string of the molecule is Cc1ccc(CNCC(=O)NCCC#N)s1. The number of rotatable bonds is 6. The lowest BCUT2D eigenvalue weighted by Gasteiger charge is -2.03. The molecule has 0 unspecified atom stereocenters. The number of hydrogen-bond acceptors (Lipinski definition) is 4. The summed E-state index contributed by atoms with van der Waals surface area (Å²) in [5.41, 5.74) is 0. The summed E-state index contributed by atoms with van der Waals surface area (Å²) in [6.45, 7) is 3.49. The van der Waals surface area contributed by atoms with Gasteiger partial charge in [0.2, 0.25) is 5.91 Å². The highest BCUT2D eigenvalue weighted by Gasteiger charge is 2.00. The molecule has 4 nitrogen and oxygen atoms in total. The van der Waals surface area contributed by atoms with E-state index in [1.54, 1.807) is 11.3 Å². The summed E-state index contributed by atoms with van der Waals surface area (Å²) in [7, 11) is 0. The zero-order valence-corrected chi connectivity index (χ0v) is 10.1. The van der Waals surface area contributed by atoms with E-state index in [1.165, 1.54) is 9.75 Å². The zero-order chi connectivity index (χ0) is 11.8. The fourth-order valence-electron chi connectivity index (χ4n) is 1.20. The number of nitriles is 1. The Kier molecular flexibility index (Phi) is 5.54. The van der Waals surface area contributed by atoms with Gasteiger partial charge in [-0.1, -0.05) is 0 Å². The van der Waals surface area contributed by atoms with Crippen LogP contribution in [0.4, 0.5) is 0 Å². The smallest absolute Gasteiger partial charge is 0.234 e. The molecule has 1 aromatic heterocycles. The first-order valence-electron chi connectivity index (χ1n) is 5.12. The molecule has 0 radical (unpaired) electrons. The Bertz CT molecular complexity index is 381. The summed E-state index contributed by atoms with van der Waals surface area (Å²) >= 11 is 1.72. The van der Waals surface area contributed by atoms with E-state index < -0.39 is 0 Å². The van der Waals surface area contributed by atoms with E-state index in [2.05, 4.69) is 29.7 Å². The summed E-state index contributed by atoms with van der Waals surface area (Å²) in [6.07, 6.45) is 0.357. The molecule has 1 aromatic rings. The van der Waals surface area contributed by atoms with Crippen LogP contribution in [0.1, 0.15) is 16.2 Å². The van der Waals surface area contributed by atoms with Crippen LogP contribution < -0.4 is 10.6 Å². The minimum absolute atomic E-state index is 0.0662. The summed E-state index contributed by atoms with van der Waals surface area (Å²) in [4.78, 5) is 13.7. The molecule has 5 heteroatoms. The molecule has 2 N–H and O–H groups in total. The number of nitrogens with one attached hydrogen (secondary N) is 2. The Morgan fingerprint density at radius 1 is 1.56 bits per heavy atom. The predicted molar refractivity (Wildman–Crippen MR) is 64.0 cm³/mol. The maximum atomic E-state index is 11.2. The van der Waals surface area contributed by atoms with Gasteiger partial charge in [-0.05, 0) is 19.1 Å². The monoisotopic (exact) mass is 237 g/mol. The van der Waals surface area contributed by atoms with Crippen molar-refractivity contribution < 1.29 is 4.79 Å². The van der Waals surface area contributed by atoms with Crippen LogP contribution in [0.25, 0.3) is 0 Å². The molecule has 0 bridgehead atoms. The molecule has 0 aromatic carbocycles. The summed E-state index contributed by atoms with van der Waals surface area (Å²) < 4.78 is 0. The van der Waals surface area contributed by atoms with E-state index in [0.29, 0.717) is 26.1 Å². The number of carbonyl (C=O) groups is 1. The van der Waals surface area contributed by atoms with Crippen molar-refractivity contribution in [3.63, 3.8) is 0 Å². The van der Waals surface area contributed by atoms with Gasteiger partial charge < -0.3 is 10.6 Å². The Balaban J connectivity index is 2.11. The maximum Gasteiger partial charge on any atom is 0.234 e. The minimum atomic E-state index is -0.0662. The number of amides is 1. The van der Waals surface area contributed by atoms with Gasteiger partial charge in [0, 0.05) is 22.8 Å². The van der Waals surface area contributed by atoms with Crippen LogP contribution in [0.15, 0.2) is 12.1 Å². The van der Waals surface area contributed by atoms with Crippen molar-refractivity contribution in [3.05, 3.63) is 21.9 Å². The molecule has 0 atom stereocenters. The van der Waals surface area contributed by atoms with Gasteiger partial charge in [0.15, 0.2) is 0 Å². The lowest BCUT2D eigenvalue weighted by molar-refractivity contribution is -0.120. The fourth-order valence-corrected chi connectivity index (χ4v) is 2.06. The number of carbonyl (C=O) groups excluding carboxylic acids is 1. The number of aryl methyl sites for hydroxylation is 1. The van der Waals surface area contributed by atoms with Gasteiger partial charge >= 0.3 is 0 Å². The molecule has 0 saturated heterocycles. The van der Waals surface area contributed by atoms with E-state index in [-0.39, 0.29) is 5.91 Å². The lowest BCUT2D eigenvalue weighted by atomic mass is 10.4. The highest BCUT2D eigenvalue weighted by atomic mass is 32.1. The molecule has 0 fully saturated rings. The first kappa shape index (κ1) is 12.7. The Labute approximate surface area is 99.3 Å². The van der Waals surface area contributed by atoms with Crippen molar-refractivity contribution in [1.29, 1.82) is 5.26 Å². The minimum Gasteiger partial charge on any atom is -0.354 e. The fraction of sp³-hybridized carbons (Fsp3) is 0.455. The molecule has 0 aliphatic rings. The Morgan fingerprint density at radius 2 is 2.38 bits per heavy atom. The van der Waals surface area contributed by atoms with Gasteiger partial charge in [-0.25, -0.2) is 0 Å². The van der Waals surface area contributed by atoms with E-state index in [9.17, 15) is 4.79 Å². The first-order chi connectivity index (χ1) is 7.72. The van der Waals surface area contributed by atoms with Gasteiger partial charge in [0.1, 0.15) is 0 Å². The van der Waals surface area contributed by atoms with E-state index >= 15 is 0 Å². The largest absolute Gasteiger partial charge is 0.354 e. The quantitative estimate of drug-likeness (QED) is 0.730. The molecular weight excluding hydrogens is 222 g/mol. The molecule has 1 amide bonds. The Hall–Kier alpha value is -1.38. The topological polar surface area (TPSA) is 64.9 Å². The normalized spacial score (nSPS) is 9.75.